The Balaban J connectivity index is 2.18. The zero-order valence-corrected chi connectivity index (χ0v) is 14.0. The molecule has 1 unspecified atom stereocenters. The van der Waals surface area contributed by atoms with Crippen LogP contribution in [-0.2, 0) is 14.3 Å². The highest BCUT2D eigenvalue weighted by atomic mass is 35.5. The number of likely N-dealkylation sites (N-methyl/N-ethyl adjacent to an activating group) is 1. The molecule has 24 heavy (non-hydrogen) atoms. The number of carbonyl (C=O) groups is 3. The first-order valence-electron chi connectivity index (χ1n) is 7.08. The molecule has 2 rings (SSSR count). The van der Waals surface area contributed by atoms with Gasteiger partial charge in [0.25, 0.3) is 11.8 Å². The first-order valence-corrected chi connectivity index (χ1v) is 7.46. The van der Waals surface area contributed by atoms with Gasteiger partial charge >= 0.3 is 5.97 Å². The van der Waals surface area contributed by atoms with E-state index in [-0.39, 0.29) is 34.6 Å². The Morgan fingerprint density at radius 1 is 1.42 bits per heavy atom. The second-order valence-corrected chi connectivity index (χ2v) is 5.59. The number of nitrogens with zero attached hydrogens (tertiary/aromatic N) is 1. The van der Waals surface area contributed by atoms with Crippen LogP contribution in [0.25, 0.3) is 0 Å². The zero-order valence-electron chi connectivity index (χ0n) is 13.2. The van der Waals surface area contributed by atoms with Crippen molar-refractivity contribution in [1.82, 2.24) is 4.90 Å². The van der Waals surface area contributed by atoms with Gasteiger partial charge in [-0.3, -0.25) is 9.59 Å². The molecule has 0 radical (unpaired) electrons. The number of methoxy groups -OCH3 is 1. The Kier molecular flexibility index (Phi) is 5.50. The topological polar surface area (TPSA) is 108 Å². The molecule has 1 fully saturated rings. The summed E-state index contributed by atoms with van der Waals surface area (Å²) in [7, 11) is 2.99. The van der Waals surface area contributed by atoms with E-state index in [0.29, 0.717) is 13.0 Å². The summed E-state index contributed by atoms with van der Waals surface area (Å²) in [5.74, 6) is -1.40. The van der Waals surface area contributed by atoms with Crippen molar-refractivity contribution in [3.63, 3.8) is 0 Å². The van der Waals surface area contributed by atoms with Gasteiger partial charge in [-0.25, -0.2) is 4.79 Å². The minimum Gasteiger partial charge on any atom is -0.493 e. The molecular formula is C15H17ClN2O6. The van der Waals surface area contributed by atoms with Crippen LogP contribution in [0.3, 0.4) is 0 Å². The Morgan fingerprint density at radius 2 is 2.12 bits per heavy atom. The van der Waals surface area contributed by atoms with Crippen LogP contribution in [0, 0.1) is 0 Å². The normalized spacial score (nSPS) is 16.9. The second kappa shape index (κ2) is 7.39. The Labute approximate surface area is 143 Å². The predicted octanol–water partition coefficient (Wildman–Crippen LogP) is 0.600. The molecule has 9 heteroatoms. The summed E-state index contributed by atoms with van der Waals surface area (Å²) in [6, 6.07) is 2.67. The number of esters is 1. The standard InChI is InChI=1S/C15H17ClN2O6/c1-18-4-3-10(14(18)20)24-15(21)8-5-9(16)13(11(6-8)22-2)23-7-12(17)19/h5-6,10H,3-4,7H2,1-2H3,(H2,17,19). The molecule has 0 spiro atoms. The molecule has 1 heterocycles. The third kappa shape index (κ3) is 3.88. The third-order valence-corrected chi connectivity index (χ3v) is 3.73. The average molecular weight is 357 g/mol. The van der Waals surface area contributed by atoms with E-state index in [4.69, 9.17) is 31.5 Å². The number of ether oxygens (including phenoxy) is 3. The summed E-state index contributed by atoms with van der Waals surface area (Å²) in [6.07, 6.45) is -0.371. The number of halogens is 1. The van der Waals surface area contributed by atoms with E-state index in [1.54, 1.807) is 7.05 Å². The number of likely N-dealkylation sites (tertiary alicyclic amines) is 1. The van der Waals surface area contributed by atoms with Crippen molar-refractivity contribution in [2.24, 2.45) is 5.73 Å². The highest BCUT2D eigenvalue weighted by molar-refractivity contribution is 6.32. The van der Waals surface area contributed by atoms with E-state index < -0.39 is 18.0 Å². The van der Waals surface area contributed by atoms with E-state index >= 15 is 0 Å². The molecule has 1 aliphatic rings. The van der Waals surface area contributed by atoms with Crippen LogP contribution in [0.15, 0.2) is 12.1 Å². The van der Waals surface area contributed by atoms with Gasteiger partial charge in [0.15, 0.2) is 24.2 Å². The smallest absolute Gasteiger partial charge is 0.339 e. The van der Waals surface area contributed by atoms with E-state index in [9.17, 15) is 14.4 Å². The van der Waals surface area contributed by atoms with Crippen LogP contribution in [0.5, 0.6) is 11.5 Å². The van der Waals surface area contributed by atoms with Crippen LogP contribution >= 0.6 is 11.6 Å². The highest BCUT2D eigenvalue weighted by Crippen LogP contribution is 2.36. The van der Waals surface area contributed by atoms with E-state index in [1.165, 1.54) is 24.1 Å². The van der Waals surface area contributed by atoms with Crippen LogP contribution in [0.1, 0.15) is 16.8 Å². The lowest BCUT2D eigenvalue weighted by molar-refractivity contribution is -0.133. The molecule has 1 aliphatic heterocycles. The number of rotatable bonds is 6. The van der Waals surface area contributed by atoms with Crippen LogP contribution < -0.4 is 15.2 Å². The van der Waals surface area contributed by atoms with Crippen molar-refractivity contribution in [3.05, 3.63) is 22.7 Å². The number of nitrogens with two attached hydrogens (primary N) is 1. The van der Waals surface area contributed by atoms with Gasteiger partial charge in [-0.1, -0.05) is 11.6 Å². The maximum atomic E-state index is 12.2. The average Bonchev–Trinajstić information content (AvgIpc) is 2.84. The summed E-state index contributed by atoms with van der Waals surface area (Å²) in [4.78, 5) is 36.3. The fraction of sp³-hybridized carbons (Fsp3) is 0.400. The van der Waals surface area contributed by atoms with Crippen molar-refractivity contribution < 1.29 is 28.6 Å². The van der Waals surface area contributed by atoms with Crippen molar-refractivity contribution >= 4 is 29.4 Å². The molecule has 0 aliphatic carbocycles. The van der Waals surface area contributed by atoms with Gasteiger partial charge in [0.05, 0.1) is 17.7 Å². The highest BCUT2D eigenvalue weighted by Gasteiger charge is 2.33. The van der Waals surface area contributed by atoms with Crippen molar-refractivity contribution in [1.29, 1.82) is 0 Å². The van der Waals surface area contributed by atoms with Gasteiger partial charge in [-0.05, 0) is 12.1 Å². The van der Waals surface area contributed by atoms with E-state index in [1.807, 2.05) is 0 Å². The Bertz CT molecular complexity index is 678. The third-order valence-electron chi connectivity index (χ3n) is 3.45. The lowest BCUT2D eigenvalue weighted by atomic mass is 10.2. The molecule has 1 aromatic carbocycles. The molecule has 1 aromatic rings. The molecule has 0 saturated carbocycles. The number of hydrogen-bond acceptors (Lipinski definition) is 6. The lowest BCUT2D eigenvalue weighted by Gasteiger charge is -2.15. The summed E-state index contributed by atoms with van der Waals surface area (Å²) in [5.41, 5.74) is 5.12. The zero-order chi connectivity index (χ0) is 17.9. The van der Waals surface area contributed by atoms with Crippen molar-refractivity contribution in [2.75, 3.05) is 27.3 Å². The van der Waals surface area contributed by atoms with Gasteiger partial charge in [0.1, 0.15) is 0 Å². The van der Waals surface area contributed by atoms with Crippen LogP contribution in [-0.4, -0.2) is 56.1 Å². The predicted molar refractivity (Wildman–Crippen MR) is 84.2 cm³/mol. The molecule has 130 valence electrons. The summed E-state index contributed by atoms with van der Waals surface area (Å²) >= 11 is 6.07. The SMILES string of the molecule is COc1cc(C(=O)OC2CCN(C)C2=O)cc(Cl)c1OCC(N)=O. The number of hydrogen-bond donors (Lipinski definition) is 1. The number of amides is 2. The molecule has 0 aromatic heterocycles. The maximum absolute atomic E-state index is 12.2. The molecule has 1 saturated heterocycles. The van der Waals surface area contributed by atoms with Crippen molar-refractivity contribution in [3.8, 4) is 11.5 Å². The molecule has 2 amide bonds. The minimum atomic E-state index is -0.807. The Morgan fingerprint density at radius 3 is 2.67 bits per heavy atom. The second-order valence-electron chi connectivity index (χ2n) is 5.19. The van der Waals surface area contributed by atoms with Crippen LogP contribution in [0.4, 0.5) is 0 Å². The largest absolute Gasteiger partial charge is 0.493 e. The van der Waals surface area contributed by atoms with E-state index in [2.05, 4.69) is 0 Å². The number of primary amides is 1. The monoisotopic (exact) mass is 356 g/mol. The van der Waals surface area contributed by atoms with Gasteiger partial charge in [0.2, 0.25) is 0 Å². The Hall–Kier alpha value is -2.48. The van der Waals surface area contributed by atoms with E-state index in [0.717, 1.165) is 0 Å². The summed E-state index contributed by atoms with van der Waals surface area (Å²) in [6.45, 7) is 0.142. The molecule has 8 nitrogen and oxygen atoms in total. The molecule has 2 N–H and O–H groups in total. The molecular weight excluding hydrogens is 340 g/mol. The molecule has 1 atom stereocenters. The first kappa shape index (κ1) is 17.9. The number of benzene rings is 1. The summed E-state index contributed by atoms with van der Waals surface area (Å²) in [5, 5.41) is 0.0532. The van der Waals surface area contributed by atoms with Crippen LogP contribution in [0.2, 0.25) is 5.02 Å². The van der Waals surface area contributed by atoms with Crippen molar-refractivity contribution in [2.45, 2.75) is 12.5 Å². The first-order chi connectivity index (χ1) is 11.3. The number of carbonyl (C=O) groups excluding carboxylic acids is 3. The lowest BCUT2D eigenvalue weighted by Crippen LogP contribution is -2.29. The van der Waals surface area contributed by atoms with Gasteiger partial charge in [-0.2, -0.15) is 0 Å². The summed E-state index contributed by atoms with van der Waals surface area (Å²) < 4.78 is 15.5. The van der Waals surface area contributed by atoms with Gasteiger partial charge in [-0.15, -0.1) is 0 Å². The quantitative estimate of drug-likeness (QED) is 0.748. The van der Waals surface area contributed by atoms with Gasteiger partial charge in [0, 0.05) is 20.0 Å². The minimum absolute atomic E-state index is 0.0532. The maximum Gasteiger partial charge on any atom is 0.339 e. The fourth-order valence-corrected chi connectivity index (χ4v) is 2.48. The molecule has 0 bridgehead atoms. The van der Waals surface area contributed by atoms with Gasteiger partial charge < -0.3 is 24.8 Å². The fourth-order valence-electron chi connectivity index (χ4n) is 2.22.